The Morgan fingerprint density at radius 1 is 1.21 bits per heavy atom. The Morgan fingerprint density at radius 3 is 2.64 bits per heavy atom. The normalized spacial score (nSPS) is 17.9. The van der Waals surface area contributed by atoms with Crippen LogP contribution in [0.15, 0.2) is 23.1 Å². The fraction of sp³-hybridized carbons (Fsp3) is 0.579. The monoisotopic (exact) mass is 411 g/mol. The van der Waals surface area contributed by atoms with E-state index in [9.17, 15) is 18.0 Å². The van der Waals surface area contributed by atoms with Crippen LogP contribution >= 0.6 is 0 Å². The molecule has 156 valence electrons. The Morgan fingerprint density at radius 2 is 1.93 bits per heavy atom. The summed E-state index contributed by atoms with van der Waals surface area (Å²) in [5, 5.41) is 5.00. The topological polar surface area (TPSA) is 105 Å². The number of hydrogen-bond acceptors (Lipinski definition) is 5. The minimum atomic E-state index is -3.79. The van der Waals surface area contributed by atoms with Gasteiger partial charge in [0.15, 0.2) is 0 Å². The van der Waals surface area contributed by atoms with Crippen molar-refractivity contribution in [3.8, 4) is 0 Å². The molecular formula is C19H29N3O5S. The summed E-state index contributed by atoms with van der Waals surface area (Å²) in [6.07, 6.45) is 1.40. The number of amides is 2. The Labute approximate surface area is 166 Å². The molecule has 0 saturated carbocycles. The maximum absolute atomic E-state index is 13.2. The number of ether oxygens (including phenoxy) is 1. The summed E-state index contributed by atoms with van der Waals surface area (Å²) < 4.78 is 33.2. The zero-order valence-electron chi connectivity index (χ0n) is 16.7. The quantitative estimate of drug-likeness (QED) is 0.516. The summed E-state index contributed by atoms with van der Waals surface area (Å²) in [6.45, 7) is 6.58. The molecule has 2 amide bonds. The summed E-state index contributed by atoms with van der Waals surface area (Å²) in [4.78, 5) is 24.0. The molecule has 9 heteroatoms. The number of benzene rings is 1. The standard InChI is InChI=1S/C19H29N3O5S/c1-4-5-9-20-18(23)19(24)21-13-17-22(10-6-11-27-17)28(25,26)16-12-14(2)7-8-15(16)3/h7-8,12,17H,4-6,9-11,13H2,1-3H3,(H,20,23)(H,21,24)/t17-/m1/s1. The maximum atomic E-state index is 13.2. The summed E-state index contributed by atoms with van der Waals surface area (Å²) in [5.74, 6) is -1.53. The lowest BCUT2D eigenvalue weighted by Gasteiger charge is -2.35. The van der Waals surface area contributed by atoms with E-state index >= 15 is 0 Å². The van der Waals surface area contributed by atoms with E-state index in [1.165, 1.54) is 4.31 Å². The molecule has 0 unspecified atom stereocenters. The molecule has 1 fully saturated rings. The van der Waals surface area contributed by atoms with Gasteiger partial charge in [0, 0.05) is 13.1 Å². The first kappa shape index (κ1) is 22.3. The molecule has 0 aliphatic carbocycles. The molecule has 2 rings (SSSR count). The van der Waals surface area contributed by atoms with Crippen LogP contribution < -0.4 is 10.6 Å². The fourth-order valence-electron chi connectivity index (χ4n) is 2.93. The Balaban J connectivity index is 2.08. The second-order valence-corrected chi connectivity index (χ2v) is 8.74. The molecular weight excluding hydrogens is 382 g/mol. The van der Waals surface area contributed by atoms with Gasteiger partial charge in [-0.25, -0.2) is 8.42 Å². The summed E-state index contributed by atoms with van der Waals surface area (Å²) in [6, 6.07) is 5.26. The van der Waals surface area contributed by atoms with Gasteiger partial charge in [-0.3, -0.25) is 9.59 Å². The highest BCUT2D eigenvalue weighted by molar-refractivity contribution is 7.89. The van der Waals surface area contributed by atoms with Gasteiger partial charge >= 0.3 is 11.8 Å². The molecule has 1 aromatic carbocycles. The minimum Gasteiger partial charge on any atom is -0.360 e. The third-order valence-electron chi connectivity index (χ3n) is 4.54. The largest absolute Gasteiger partial charge is 0.360 e. The van der Waals surface area contributed by atoms with Crippen LogP contribution in [0.1, 0.15) is 37.3 Å². The number of carbonyl (C=O) groups is 2. The number of rotatable bonds is 7. The smallest absolute Gasteiger partial charge is 0.309 e. The SMILES string of the molecule is CCCCNC(=O)C(=O)NC[C@H]1OCCCN1S(=O)(=O)c1cc(C)ccc1C. The number of sulfonamides is 1. The molecule has 1 aromatic rings. The summed E-state index contributed by atoms with van der Waals surface area (Å²) in [5.41, 5.74) is 1.49. The van der Waals surface area contributed by atoms with E-state index in [1.807, 2.05) is 19.9 Å². The summed E-state index contributed by atoms with van der Waals surface area (Å²) >= 11 is 0. The molecule has 1 aliphatic heterocycles. The molecule has 1 aliphatic rings. The number of aryl methyl sites for hydroxylation is 2. The Kier molecular flexibility index (Phi) is 7.97. The number of unbranched alkanes of at least 4 members (excludes halogenated alkanes) is 1. The molecule has 1 heterocycles. The Bertz CT molecular complexity index is 810. The molecule has 1 saturated heterocycles. The average molecular weight is 412 g/mol. The van der Waals surface area contributed by atoms with E-state index in [2.05, 4.69) is 10.6 Å². The van der Waals surface area contributed by atoms with E-state index in [-0.39, 0.29) is 11.4 Å². The first-order chi connectivity index (χ1) is 13.3. The van der Waals surface area contributed by atoms with Crippen LogP contribution in [0.3, 0.4) is 0 Å². The van der Waals surface area contributed by atoms with Gasteiger partial charge in [0.2, 0.25) is 10.0 Å². The van der Waals surface area contributed by atoms with Gasteiger partial charge < -0.3 is 15.4 Å². The lowest BCUT2D eigenvalue weighted by atomic mass is 10.2. The van der Waals surface area contributed by atoms with Crippen LogP contribution in [0.25, 0.3) is 0 Å². The van der Waals surface area contributed by atoms with Crippen molar-refractivity contribution in [2.75, 3.05) is 26.2 Å². The van der Waals surface area contributed by atoms with Gasteiger partial charge in [0.1, 0.15) is 6.23 Å². The van der Waals surface area contributed by atoms with Gasteiger partial charge in [-0.15, -0.1) is 0 Å². The number of hydrogen-bond donors (Lipinski definition) is 2. The highest BCUT2D eigenvalue weighted by atomic mass is 32.2. The molecule has 0 spiro atoms. The van der Waals surface area contributed by atoms with Crippen molar-refractivity contribution in [1.82, 2.24) is 14.9 Å². The number of carbonyl (C=O) groups excluding carboxylic acids is 2. The van der Waals surface area contributed by atoms with Crippen molar-refractivity contribution < 1.29 is 22.7 Å². The third-order valence-corrected chi connectivity index (χ3v) is 6.57. The van der Waals surface area contributed by atoms with Crippen LogP contribution in [0.4, 0.5) is 0 Å². The number of nitrogens with one attached hydrogen (secondary N) is 2. The second kappa shape index (κ2) is 9.99. The Hall–Kier alpha value is -1.97. The van der Waals surface area contributed by atoms with Gasteiger partial charge in [-0.05, 0) is 43.9 Å². The molecule has 0 aromatic heterocycles. The molecule has 28 heavy (non-hydrogen) atoms. The lowest BCUT2D eigenvalue weighted by molar-refractivity contribution is -0.140. The zero-order valence-corrected chi connectivity index (χ0v) is 17.5. The lowest BCUT2D eigenvalue weighted by Crippen LogP contribution is -2.53. The molecule has 0 bridgehead atoms. The minimum absolute atomic E-state index is 0.0931. The fourth-order valence-corrected chi connectivity index (χ4v) is 4.81. The van der Waals surface area contributed by atoms with Crippen molar-refractivity contribution in [2.45, 2.75) is 51.2 Å². The van der Waals surface area contributed by atoms with E-state index < -0.39 is 28.1 Å². The first-order valence-corrected chi connectivity index (χ1v) is 11.0. The first-order valence-electron chi connectivity index (χ1n) is 9.54. The van der Waals surface area contributed by atoms with Gasteiger partial charge in [-0.1, -0.05) is 25.5 Å². The van der Waals surface area contributed by atoms with Crippen molar-refractivity contribution in [3.63, 3.8) is 0 Å². The van der Waals surface area contributed by atoms with Crippen LogP contribution in [0, 0.1) is 13.8 Å². The third kappa shape index (κ3) is 5.52. The van der Waals surface area contributed by atoms with E-state index in [4.69, 9.17) is 4.74 Å². The van der Waals surface area contributed by atoms with E-state index in [0.717, 1.165) is 18.4 Å². The molecule has 1 atom stereocenters. The van der Waals surface area contributed by atoms with Crippen molar-refractivity contribution in [3.05, 3.63) is 29.3 Å². The van der Waals surface area contributed by atoms with Gasteiger partial charge in [0.25, 0.3) is 0 Å². The average Bonchev–Trinajstić information content (AvgIpc) is 2.68. The zero-order chi connectivity index (χ0) is 20.7. The molecule has 0 radical (unpaired) electrons. The number of nitrogens with zero attached hydrogens (tertiary/aromatic N) is 1. The van der Waals surface area contributed by atoms with Crippen molar-refractivity contribution in [1.29, 1.82) is 0 Å². The highest BCUT2D eigenvalue weighted by Gasteiger charge is 2.35. The van der Waals surface area contributed by atoms with Crippen LogP contribution in [-0.2, 0) is 24.3 Å². The van der Waals surface area contributed by atoms with Gasteiger partial charge in [0.05, 0.1) is 18.0 Å². The predicted molar refractivity (Wildman–Crippen MR) is 105 cm³/mol. The van der Waals surface area contributed by atoms with Crippen molar-refractivity contribution in [2.24, 2.45) is 0 Å². The predicted octanol–water partition coefficient (Wildman–Crippen LogP) is 1.07. The highest BCUT2D eigenvalue weighted by Crippen LogP contribution is 2.25. The maximum Gasteiger partial charge on any atom is 0.309 e. The van der Waals surface area contributed by atoms with E-state index in [0.29, 0.717) is 31.7 Å². The second-order valence-electron chi connectivity index (χ2n) is 6.88. The molecule has 2 N–H and O–H groups in total. The van der Waals surface area contributed by atoms with Crippen LogP contribution in [0.2, 0.25) is 0 Å². The van der Waals surface area contributed by atoms with E-state index in [1.54, 1.807) is 19.1 Å². The summed E-state index contributed by atoms with van der Waals surface area (Å²) in [7, 11) is -3.79. The van der Waals surface area contributed by atoms with Gasteiger partial charge in [-0.2, -0.15) is 4.31 Å². The van der Waals surface area contributed by atoms with Crippen LogP contribution in [-0.4, -0.2) is 57.0 Å². The molecule has 8 nitrogen and oxygen atoms in total. The van der Waals surface area contributed by atoms with Crippen molar-refractivity contribution >= 4 is 21.8 Å². The van der Waals surface area contributed by atoms with Crippen LogP contribution in [0.5, 0.6) is 0 Å².